The Bertz CT molecular complexity index is 1980. The van der Waals surface area contributed by atoms with Gasteiger partial charge >= 0.3 is 0 Å². The van der Waals surface area contributed by atoms with Crippen LogP contribution in [0.1, 0.15) is 5.56 Å². The van der Waals surface area contributed by atoms with Crippen molar-refractivity contribution in [1.82, 2.24) is 9.66 Å². The van der Waals surface area contributed by atoms with Crippen LogP contribution in [0.5, 0.6) is 5.75 Å². The lowest BCUT2D eigenvalue weighted by molar-refractivity contribution is -0.118. The summed E-state index contributed by atoms with van der Waals surface area (Å²) in [4.78, 5) is 30.7. The van der Waals surface area contributed by atoms with Gasteiger partial charge in [0.2, 0.25) is 5.82 Å². The highest BCUT2D eigenvalue weighted by molar-refractivity contribution is 9.10. The number of amides is 1. The molecule has 6 rings (SSSR count). The van der Waals surface area contributed by atoms with E-state index in [1.54, 1.807) is 54.6 Å². The zero-order valence-corrected chi connectivity index (χ0v) is 22.8. The summed E-state index contributed by atoms with van der Waals surface area (Å²) >= 11 is 3.44. The van der Waals surface area contributed by atoms with Crippen LogP contribution in [0.4, 0.5) is 10.1 Å². The molecule has 0 fully saturated rings. The number of para-hydroxylation sites is 3. The lowest BCUT2D eigenvalue weighted by Gasteiger charge is -2.11. The molecule has 0 aliphatic rings. The Balaban J connectivity index is 1.35. The van der Waals surface area contributed by atoms with Gasteiger partial charge in [0.15, 0.2) is 12.4 Å². The molecule has 10 heteroatoms. The van der Waals surface area contributed by atoms with E-state index in [-0.39, 0.29) is 23.7 Å². The third-order valence-corrected chi connectivity index (χ3v) is 6.68. The minimum atomic E-state index is -0.549. The maximum atomic E-state index is 13.9. The number of hydrogen-bond acceptors (Lipinski definition) is 6. The van der Waals surface area contributed by atoms with E-state index in [0.717, 1.165) is 9.86 Å². The highest BCUT2D eigenvalue weighted by Gasteiger charge is 2.17. The molecule has 4 aromatic carbocycles. The lowest BCUT2D eigenvalue weighted by Crippen LogP contribution is -2.21. The van der Waals surface area contributed by atoms with Gasteiger partial charge in [-0.25, -0.2) is 9.37 Å². The van der Waals surface area contributed by atoms with E-state index in [9.17, 15) is 14.0 Å². The minimum Gasteiger partial charge on any atom is -0.483 e. The van der Waals surface area contributed by atoms with E-state index in [0.29, 0.717) is 33.6 Å². The molecular formula is C31H20BrFN4O4. The molecule has 0 spiro atoms. The van der Waals surface area contributed by atoms with Gasteiger partial charge < -0.3 is 14.5 Å². The number of benzene rings is 4. The van der Waals surface area contributed by atoms with Crippen LogP contribution in [-0.4, -0.2) is 28.4 Å². The average Bonchev–Trinajstić information content (AvgIpc) is 3.42. The number of fused-ring (bicyclic) bond motifs is 2. The van der Waals surface area contributed by atoms with Gasteiger partial charge in [0.05, 0.1) is 22.8 Å². The molecule has 0 unspecified atom stereocenters. The summed E-state index contributed by atoms with van der Waals surface area (Å²) in [5.74, 6) is -0.160. The van der Waals surface area contributed by atoms with Crippen LogP contribution in [0.3, 0.4) is 0 Å². The quantitative estimate of drug-likeness (QED) is 0.205. The molecule has 0 aliphatic carbocycles. The van der Waals surface area contributed by atoms with E-state index in [4.69, 9.17) is 14.1 Å². The Morgan fingerprint density at radius 3 is 2.66 bits per heavy atom. The molecule has 0 radical (unpaired) electrons. The van der Waals surface area contributed by atoms with Crippen LogP contribution >= 0.6 is 15.9 Å². The van der Waals surface area contributed by atoms with E-state index in [2.05, 4.69) is 26.3 Å². The number of carbonyl (C=O) groups excluding carboxylic acids is 1. The predicted octanol–water partition coefficient (Wildman–Crippen LogP) is 6.61. The molecule has 2 aromatic heterocycles. The summed E-state index contributed by atoms with van der Waals surface area (Å²) in [6, 6.07) is 27.3. The lowest BCUT2D eigenvalue weighted by atomic mass is 10.2. The average molecular weight is 611 g/mol. The number of rotatable bonds is 7. The van der Waals surface area contributed by atoms with Crippen molar-refractivity contribution in [3.8, 4) is 17.3 Å². The molecule has 0 saturated carbocycles. The maximum absolute atomic E-state index is 13.9. The first kappa shape index (κ1) is 26.1. The van der Waals surface area contributed by atoms with Gasteiger partial charge in [-0.2, -0.15) is 9.78 Å². The Morgan fingerprint density at radius 2 is 1.80 bits per heavy atom. The van der Waals surface area contributed by atoms with Gasteiger partial charge in [-0.1, -0.05) is 58.4 Å². The Hall–Kier alpha value is -5.09. The number of aromatic nitrogens is 2. The summed E-state index contributed by atoms with van der Waals surface area (Å²) in [5, 5.41) is 8.22. The molecule has 8 nitrogen and oxygen atoms in total. The number of ether oxygens (including phenoxy) is 1. The smallest absolute Gasteiger partial charge is 0.282 e. The van der Waals surface area contributed by atoms with Gasteiger partial charge in [0, 0.05) is 15.4 Å². The topological polar surface area (TPSA) is 98.7 Å². The van der Waals surface area contributed by atoms with Crippen LogP contribution in [0.2, 0.25) is 0 Å². The van der Waals surface area contributed by atoms with Crippen molar-refractivity contribution in [2.75, 3.05) is 11.9 Å². The van der Waals surface area contributed by atoms with E-state index < -0.39 is 11.7 Å². The number of nitrogens with one attached hydrogen (secondary N) is 1. The summed E-state index contributed by atoms with van der Waals surface area (Å²) < 4.78 is 27.6. The van der Waals surface area contributed by atoms with Crippen molar-refractivity contribution in [2.45, 2.75) is 0 Å². The molecule has 2 heterocycles. The van der Waals surface area contributed by atoms with Gasteiger partial charge in [-0.15, -0.1) is 0 Å². The van der Waals surface area contributed by atoms with Crippen LogP contribution in [0.15, 0.2) is 116 Å². The second-order valence-electron chi connectivity index (χ2n) is 8.96. The zero-order chi connectivity index (χ0) is 28.3. The van der Waals surface area contributed by atoms with Crippen LogP contribution in [0, 0.1) is 5.82 Å². The SMILES string of the molecule is O=C(COc1ccc(Br)cc1C=Nn1c(-c2cc3ccccc3o2)nc2ccccc2c1=O)Nc1ccccc1F. The second kappa shape index (κ2) is 11.2. The Morgan fingerprint density at radius 1 is 1.02 bits per heavy atom. The van der Waals surface area contributed by atoms with Crippen LogP contribution < -0.4 is 15.6 Å². The van der Waals surface area contributed by atoms with Crippen molar-refractivity contribution < 1.29 is 18.3 Å². The fraction of sp³-hybridized carbons (Fsp3) is 0.0323. The molecule has 41 heavy (non-hydrogen) atoms. The first-order valence-corrected chi connectivity index (χ1v) is 13.3. The standard InChI is InChI=1S/C31H20BrFN4O4/c32-21-13-14-26(40-18-29(38)35-25-11-5-3-9-23(25)33)20(15-21)17-34-37-30(28-16-19-7-1-6-12-27(19)41-28)36-24-10-4-2-8-22(24)31(37)39/h1-17H,18H2,(H,35,38). The predicted molar refractivity (Wildman–Crippen MR) is 159 cm³/mol. The first-order valence-electron chi connectivity index (χ1n) is 12.5. The van der Waals surface area contributed by atoms with Crippen molar-refractivity contribution >= 4 is 55.6 Å². The molecule has 0 atom stereocenters. The van der Waals surface area contributed by atoms with Crippen molar-refractivity contribution in [2.24, 2.45) is 5.10 Å². The third-order valence-electron chi connectivity index (χ3n) is 6.19. The number of carbonyl (C=O) groups is 1. The molecule has 0 bridgehead atoms. The largest absolute Gasteiger partial charge is 0.483 e. The number of hydrogen-bond donors (Lipinski definition) is 1. The molecule has 0 saturated heterocycles. The van der Waals surface area contributed by atoms with E-state index in [1.807, 2.05) is 24.3 Å². The molecule has 1 amide bonds. The number of anilines is 1. The summed E-state index contributed by atoms with van der Waals surface area (Å²) in [7, 11) is 0. The molecule has 1 N–H and O–H groups in total. The monoisotopic (exact) mass is 610 g/mol. The van der Waals surface area contributed by atoms with Gasteiger partial charge in [0.25, 0.3) is 11.5 Å². The summed E-state index contributed by atoms with van der Waals surface area (Å²) in [6.45, 7) is -0.376. The fourth-order valence-electron chi connectivity index (χ4n) is 4.25. The minimum absolute atomic E-state index is 0.0555. The summed E-state index contributed by atoms with van der Waals surface area (Å²) in [5.41, 5.74) is 1.31. The Kier molecular flexibility index (Phi) is 7.13. The number of halogens is 2. The van der Waals surface area contributed by atoms with Crippen LogP contribution in [-0.2, 0) is 4.79 Å². The van der Waals surface area contributed by atoms with Gasteiger partial charge in [0.1, 0.15) is 17.1 Å². The van der Waals surface area contributed by atoms with Crippen LogP contribution in [0.25, 0.3) is 33.5 Å². The Labute approximate surface area is 240 Å². The fourth-order valence-corrected chi connectivity index (χ4v) is 4.62. The normalized spacial score (nSPS) is 11.4. The summed E-state index contributed by atoms with van der Waals surface area (Å²) in [6.07, 6.45) is 1.44. The van der Waals surface area contributed by atoms with Crippen molar-refractivity contribution in [3.63, 3.8) is 0 Å². The molecule has 202 valence electrons. The van der Waals surface area contributed by atoms with E-state index in [1.165, 1.54) is 29.1 Å². The molecule has 6 aromatic rings. The molecular weight excluding hydrogens is 591 g/mol. The van der Waals surface area contributed by atoms with Gasteiger partial charge in [-0.3, -0.25) is 9.59 Å². The second-order valence-corrected chi connectivity index (χ2v) is 9.88. The van der Waals surface area contributed by atoms with Crippen molar-refractivity contribution in [1.29, 1.82) is 0 Å². The van der Waals surface area contributed by atoms with Gasteiger partial charge in [-0.05, 0) is 54.6 Å². The zero-order valence-electron chi connectivity index (χ0n) is 21.3. The molecule has 0 aliphatic heterocycles. The maximum Gasteiger partial charge on any atom is 0.282 e. The third kappa shape index (κ3) is 5.50. The van der Waals surface area contributed by atoms with E-state index >= 15 is 0 Å². The number of nitrogens with zero attached hydrogens (tertiary/aromatic N) is 3. The number of furan rings is 1. The first-order chi connectivity index (χ1) is 20.0. The van der Waals surface area contributed by atoms with Crippen molar-refractivity contribution in [3.05, 3.63) is 123 Å². The highest BCUT2D eigenvalue weighted by Crippen LogP contribution is 2.27. The highest BCUT2D eigenvalue weighted by atomic mass is 79.9.